The van der Waals surface area contributed by atoms with Gasteiger partial charge in [0.05, 0.1) is 11.9 Å². The number of aromatic nitrogens is 6. The van der Waals surface area contributed by atoms with Crippen molar-refractivity contribution in [3.63, 3.8) is 0 Å². The summed E-state index contributed by atoms with van der Waals surface area (Å²) < 4.78 is 2.53. The van der Waals surface area contributed by atoms with Crippen molar-refractivity contribution in [2.75, 3.05) is 5.32 Å². The number of aliphatic carboxylic acids is 1. The predicted molar refractivity (Wildman–Crippen MR) is 65.6 cm³/mol. The highest BCUT2D eigenvalue weighted by atomic mass is 16.4. The molecule has 2 rings (SSSR count). The standard InChI is InChI=1S/C10H13N7O3/c1-10(2,9(19)20)17-4-7(3-12-17)13-8(18)5-16-6-11-14-15-16/h3-4,6H,5H2,1-2H3,(H,13,18)(H,19,20). The Bertz CT molecular complexity index is 617. The first-order valence-corrected chi connectivity index (χ1v) is 5.69. The van der Waals surface area contributed by atoms with E-state index in [1.54, 1.807) is 0 Å². The molecule has 10 nitrogen and oxygen atoms in total. The van der Waals surface area contributed by atoms with Gasteiger partial charge in [-0.1, -0.05) is 0 Å². The number of carbonyl (C=O) groups excluding carboxylic acids is 1. The Kier molecular flexibility index (Phi) is 3.46. The Labute approximate surface area is 113 Å². The summed E-state index contributed by atoms with van der Waals surface area (Å²) in [5, 5.41) is 26.0. The highest BCUT2D eigenvalue weighted by Crippen LogP contribution is 2.17. The molecule has 0 fully saturated rings. The third-order valence-corrected chi connectivity index (χ3v) is 2.66. The smallest absolute Gasteiger partial charge is 0.331 e. The summed E-state index contributed by atoms with van der Waals surface area (Å²) in [6, 6.07) is 0. The molecule has 0 spiro atoms. The molecule has 0 aliphatic carbocycles. The maximum atomic E-state index is 11.7. The molecular weight excluding hydrogens is 266 g/mol. The van der Waals surface area contributed by atoms with E-state index in [0.717, 1.165) is 0 Å². The lowest BCUT2D eigenvalue weighted by Crippen LogP contribution is -2.35. The zero-order chi connectivity index (χ0) is 14.8. The minimum atomic E-state index is -1.20. The van der Waals surface area contributed by atoms with Crippen LogP contribution in [0.4, 0.5) is 5.69 Å². The average Bonchev–Trinajstić information content (AvgIpc) is 3.00. The molecule has 1 amide bonds. The minimum Gasteiger partial charge on any atom is -0.479 e. The first kappa shape index (κ1) is 13.6. The van der Waals surface area contributed by atoms with Crippen molar-refractivity contribution in [3.8, 4) is 0 Å². The molecule has 2 aromatic heterocycles. The van der Waals surface area contributed by atoms with Crippen LogP contribution >= 0.6 is 0 Å². The number of hydrogen-bond donors (Lipinski definition) is 2. The lowest BCUT2D eigenvalue weighted by atomic mass is 10.1. The number of carbonyl (C=O) groups is 2. The second-order valence-corrected chi connectivity index (χ2v) is 4.59. The van der Waals surface area contributed by atoms with Gasteiger partial charge in [0, 0.05) is 6.20 Å². The largest absolute Gasteiger partial charge is 0.479 e. The maximum Gasteiger partial charge on any atom is 0.331 e. The van der Waals surface area contributed by atoms with E-state index in [-0.39, 0.29) is 12.5 Å². The van der Waals surface area contributed by atoms with Crippen molar-refractivity contribution in [2.24, 2.45) is 0 Å². The van der Waals surface area contributed by atoms with Gasteiger partial charge >= 0.3 is 5.97 Å². The average molecular weight is 279 g/mol. The van der Waals surface area contributed by atoms with Crippen LogP contribution in [-0.4, -0.2) is 47.0 Å². The van der Waals surface area contributed by atoms with Crippen molar-refractivity contribution >= 4 is 17.6 Å². The molecule has 0 aliphatic heterocycles. The number of nitrogens with zero attached hydrogens (tertiary/aromatic N) is 6. The highest BCUT2D eigenvalue weighted by molar-refractivity contribution is 5.90. The Morgan fingerprint density at radius 3 is 2.80 bits per heavy atom. The van der Waals surface area contributed by atoms with E-state index < -0.39 is 11.5 Å². The topological polar surface area (TPSA) is 128 Å². The third-order valence-electron chi connectivity index (χ3n) is 2.66. The molecule has 2 N–H and O–H groups in total. The van der Waals surface area contributed by atoms with Crippen LogP contribution in [0.5, 0.6) is 0 Å². The molecule has 0 saturated heterocycles. The van der Waals surface area contributed by atoms with Crippen LogP contribution in [-0.2, 0) is 21.7 Å². The van der Waals surface area contributed by atoms with Gasteiger partial charge in [-0.05, 0) is 24.3 Å². The summed E-state index contributed by atoms with van der Waals surface area (Å²) in [5.74, 6) is -1.36. The van der Waals surface area contributed by atoms with E-state index in [9.17, 15) is 9.59 Å². The van der Waals surface area contributed by atoms with Crippen molar-refractivity contribution in [1.29, 1.82) is 0 Å². The van der Waals surface area contributed by atoms with Crippen LogP contribution in [0.1, 0.15) is 13.8 Å². The molecule has 10 heteroatoms. The number of rotatable bonds is 5. The molecule has 0 saturated carbocycles. The number of carboxylic acids is 1. The van der Waals surface area contributed by atoms with Gasteiger partial charge in [0.2, 0.25) is 5.91 Å². The van der Waals surface area contributed by atoms with Gasteiger partial charge in [0.1, 0.15) is 12.9 Å². The molecule has 20 heavy (non-hydrogen) atoms. The van der Waals surface area contributed by atoms with Gasteiger partial charge in [-0.25, -0.2) is 9.48 Å². The molecule has 0 radical (unpaired) electrons. The monoisotopic (exact) mass is 279 g/mol. The summed E-state index contributed by atoms with van der Waals surface area (Å²) in [6.45, 7) is 2.98. The Morgan fingerprint density at radius 1 is 1.45 bits per heavy atom. The fourth-order valence-corrected chi connectivity index (χ4v) is 1.39. The first-order valence-electron chi connectivity index (χ1n) is 5.69. The second kappa shape index (κ2) is 5.07. The summed E-state index contributed by atoms with van der Waals surface area (Å²) in [5.41, 5.74) is -0.795. The fourth-order valence-electron chi connectivity index (χ4n) is 1.39. The van der Waals surface area contributed by atoms with E-state index in [4.69, 9.17) is 5.11 Å². The van der Waals surface area contributed by atoms with Gasteiger partial charge in [-0.15, -0.1) is 5.10 Å². The Morgan fingerprint density at radius 2 is 2.20 bits per heavy atom. The predicted octanol–water partition coefficient (Wildman–Crippen LogP) is -0.672. The van der Waals surface area contributed by atoms with Gasteiger partial charge in [-0.3, -0.25) is 9.48 Å². The Balaban J connectivity index is 2.03. The van der Waals surface area contributed by atoms with E-state index in [0.29, 0.717) is 5.69 Å². The highest BCUT2D eigenvalue weighted by Gasteiger charge is 2.30. The second-order valence-electron chi connectivity index (χ2n) is 4.59. The fraction of sp³-hybridized carbons (Fsp3) is 0.400. The van der Waals surface area contributed by atoms with Gasteiger partial charge in [0.25, 0.3) is 0 Å². The molecule has 0 atom stereocenters. The third kappa shape index (κ3) is 2.79. The summed E-state index contributed by atoms with van der Waals surface area (Å²) in [4.78, 5) is 22.8. The number of amides is 1. The maximum absolute atomic E-state index is 11.7. The van der Waals surface area contributed by atoms with Gasteiger partial charge < -0.3 is 10.4 Å². The summed E-state index contributed by atoms with van der Waals surface area (Å²) in [7, 11) is 0. The lowest BCUT2D eigenvalue weighted by molar-refractivity contribution is -0.146. The molecule has 0 aliphatic rings. The summed E-state index contributed by atoms with van der Waals surface area (Å²) >= 11 is 0. The molecule has 2 heterocycles. The Hall–Kier alpha value is -2.78. The van der Waals surface area contributed by atoms with E-state index in [1.165, 1.54) is 41.9 Å². The number of hydrogen-bond acceptors (Lipinski definition) is 6. The molecule has 0 unspecified atom stereocenters. The normalized spacial score (nSPS) is 11.3. The summed E-state index contributed by atoms with van der Waals surface area (Å²) in [6.07, 6.45) is 4.14. The van der Waals surface area contributed by atoms with Crippen molar-refractivity contribution in [3.05, 3.63) is 18.7 Å². The number of tetrazole rings is 1. The van der Waals surface area contributed by atoms with E-state index >= 15 is 0 Å². The van der Waals surface area contributed by atoms with Gasteiger partial charge in [-0.2, -0.15) is 5.10 Å². The zero-order valence-corrected chi connectivity index (χ0v) is 10.9. The van der Waals surface area contributed by atoms with Crippen molar-refractivity contribution < 1.29 is 14.7 Å². The van der Waals surface area contributed by atoms with Crippen LogP contribution in [0.2, 0.25) is 0 Å². The van der Waals surface area contributed by atoms with Crippen LogP contribution in [0.3, 0.4) is 0 Å². The SMILES string of the molecule is CC(C)(C(=O)O)n1cc(NC(=O)Cn2cnnn2)cn1. The van der Waals surface area contributed by atoms with E-state index in [1.807, 2.05) is 0 Å². The molecular formula is C10H13N7O3. The molecule has 0 bridgehead atoms. The molecule has 106 valence electrons. The number of nitrogens with one attached hydrogen (secondary N) is 1. The lowest BCUT2D eigenvalue weighted by Gasteiger charge is -2.19. The first-order chi connectivity index (χ1) is 9.39. The van der Waals surface area contributed by atoms with Gasteiger partial charge in [0.15, 0.2) is 5.54 Å². The molecule has 0 aromatic carbocycles. The molecule has 2 aromatic rings. The van der Waals surface area contributed by atoms with Crippen LogP contribution in [0.25, 0.3) is 0 Å². The number of carboxylic acid groups (broad SMARTS) is 1. The zero-order valence-electron chi connectivity index (χ0n) is 10.9. The van der Waals surface area contributed by atoms with Crippen molar-refractivity contribution in [1.82, 2.24) is 30.0 Å². The quantitative estimate of drug-likeness (QED) is 0.742. The van der Waals surface area contributed by atoms with Crippen LogP contribution < -0.4 is 5.32 Å². The number of anilines is 1. The van der Waals surface area contributed by atoms with Crippen molar-refractivity contribution in [2.45, 2.75) is 25.9 Å². The van der Waals surface area contributed by atoms with Crippen LogP contribution in [0, 0.1) is 0 Å². The minimum absolute atomic E-state index is 0.0412. The van der Waals surface area contributed by atoms with Crippen LogP contribution in [0.15, 0.2) is 18.7 Å². The van der Waals surface area contributed by atoms with E-state index in [2.05, 4.69) is 25.9 Å².